The van der Waals surface area contributed by atoms with E-state index in [9.17, 15) is 4.79 Å². The fourth-order valence-corrected chi connectivity index (χ4v) is 2.66. The number of hydrogen-bond donors (Lipinski definition) is 1. The highest BCUT2D eigenvalue weighted by Gasteiger charge is 2.36. The van der Waals surface area contributed by atoms with Gasteiger partial charge < -0.3 is 15.2 Å². The maximum Gasteiger partial charge on any atom is 0.345 e. The highest BCUT2D eigenvalue weighted by molar-refractivity contribution is 5.96. The summed E-state index contributed by atoms with van der Waals surface area (Å²) in [6.45, 7) is 8.07. The van der Waals surface area contributed by atoms with E-state index in [2.05, 4.69) is 16.9 Å². The normalized spacial score (nSPS) is 15.4. The molecule has 1 aliphatic heterocycles. The quantitative estimate of drug-likeness (QED) is 0.841. The number of ether oxygens (including phenoxy) is 2. The van der Waals surface area contributed by atoms with Gasteiger partial charge in [-0.3, -0.25) is 0 Å². The SMILES string of the molecule is C=Cc1ccc(Cn2cc(CCN)nn2)c2c1OC(C)(C)OC2=O. The van der Waals surface area contributed by atoms with Gasteiger partial charge in [-0.1, -0.05) is 30.0 Å². The molecule has 0 saturated carbocycles. The molecule has 2 aromatic rings. The van der Waals surface area contributed by atoms with Crippen molar-refractivity contribution >= 4 is 12.0 Å². The molecule has 0 bridgehead atoms. The number of carbonyl (C=O) groups excluding carboxylic acids is 1. The zero-order chi connectivity index (χ0) is 17.3. The second-order valence-corrected chi connectivity index (χ2v) is 6.06. The van der Waals surface area contributed by atoms with E-state index in [4.69, 9.17) is 15.2 Å². The number of nitrogens with two attached hydrogens (primary N) is 1. The van der Waals surface area contributed by atoms with E-state index in [1.807, 2.05) is 18.3 Å². The Labute approximate surface area is 140 Å². The molecule has 24 heavy (non-hydrogen) atoms. The zero-order valence-corrected chi connectivity index (χ0v) is 13.8. The Bertz CT molecular complexity index is 795. The van der Waals surface area contributed by atoms with Crippen LogP contribution in [-0.4, -0.2) is 33.3 Å². The highest BCUT2D eigenvalue weighted by Crippen LogP contribution is 2.37. The van der Waals surface area contributed by atoms with E-state index in [0.29, 0.717) is 30.8 Å². The minimum atomic E-state index is -1.01. The Hall–Kier alpha value is -2.67. The largest absolute Gasteiger partial charge is 0.451 e. The summed E-state index contributed by atoms with van der Waals surface area (Å²) in [5.74, 6) is -0.935. The Morgan fingerprint density at radius 1 is 1.38 bits per heavy atom. The van der Waals surface area contributed by atoms with Crippen LogP contribution in [0, 0.1) is 0 Å². The molecular weight excluding hydrogens is 308 g/mol. The van der Waals surface area contributed by atoms with Gasteiger partial charge in [-0.05, 0) is 12.1 Å². The van der Waals surface area contributed by atoms with E-state index in [-0.39, 0.29) is 0 Å². The number of carbonyl (C=O) groups is 1. The first-order valence-corrected chi connectivity index (χ1v) is 7.73. The number of rotatable bonds is 5. The van der Waals surface area contributed by atoms with E-state index < -0.39 is 11.8 Å². The first kappa shape index (κ1) is 16.2. The lowest BCUT2D eigenvalue weighted by molar-refractivity contribution is -0.127. The predicted octanol–water partition coefficient (Wildman–Crippen LogP) is 1.76. The van der Waals surface area contributed by atoms with Crippen LogP contribution in [0.4, 0.5) is 0 Å². The lowest BCUT2D eigenvalue weighted by atomic mass is 10.0. The fraction of sp³-hybridized carbons (Fsp3) is 0.353. The second-order valence-electron chi connectivity index (χ2n) is 6.06. The molecule has 0 fully saturated rings. The van der Waals surface area contributed by atoms with Gasteiger partial charge in [0.25, 0.3) is 0 Å². The van der Waals surface area contributed by atoms with Crippen LogP contribution in [0.1, 0.15) is 41.0 Å². The van der Waals surface area contributed by atoms with Crippen molar-refractivity contribution in [3.63, 3.8) is 0 Å². The molecule has 126 valence electrons. The van der Waals surface area contributed by atoms with Crippen LogP contribution < -0.4 is 10.5 Å². The van der Waals surface area contributed by atoms with Gasteiger partial charge in [-0.25, -0.2) is 9.48 Å². The van der Waals surface area contributed by atoms with Crippen LogP contribution in [0.3, 0.4) is 0 Å². The summed E-state index contributed by atoms with van der Waals surface area (Å²) in [4.78, 5) is 12.5. The summed E-state index contributed by atoms with van der Waals surface area (Å²) in [6.07, 6.45) is 4.14. The van der Waals surface area contributed by atoms with Gasteiger partial charge >= 0.3 is 5.97 Å². The lowest BCUT2D eigenvalue weighted by Gasteiger charge is -2.33. The zero-order valence-electron chi connectivity index (χ0n) is 13.8. The minimum absolute atomic E-state index is 0.385. The first-order chi connectivity index (χ1) is 11.4. The number of hydrogen-bond acceptors (Lipinski definition) is 6. The summed E-state index contributed by atoms with van der Waals surface area (Å²) in [6, 6.07) is 3.72. The molecule has 0 unspecified atom stereocenters. The van der Waals surface area contributed by atoms with Gasteiger partial charge in [-0.15, -0.1) is 5.10 Å². The van der Waals surface area contributed by atoms with Gasteiger partial charge in [0, 0.05) is 32.0 Å². The Balaban J connectivity index is 2.00. The van der Waals surface area contributed by atoms with Crippen molar-refractivity contribution in [2.24, 2.45) is 5.73 Å². The number of esters is 1. The van der Waals surface area contributed by atoms with Gasteiger partial charge in [-0.2, -0.15) is 0 Å². The van der Waals surface area contributed by atoms with Gasteiger partial charge in [0.15, 0.2) is 0 Å². The van der Waals surface area contributed by atoms with E-state index in [1.165, 1.54) is 0 Å². The van der Waals surface area contributed by atoms with Crippen LogP contribution in [0.25, 0.3) is 6.08 Å². The van der Waals surface area contributed by atoms with Gasteiger partial charge in [0.2, 0.25) is 5.79 Å². The van der Waals surface area contributed by atoms with Crippen molar-refractivity contribution in [3.8, 4) is 5.75 Å². The summed E-state index contributed by atoms with van der Waals surface area (Å²) >= 11 is 0. The van der Waals surface area contributed by atoms with E-state index in [1.54, 1.807) is 24.6 Å². The third-order valence-electron chi connectivity index (χ3n) is 3.70. The molecule has 0 saturated heterocycles. The molecule has 1 aromatic carbocycles. The topological polar surface area (TPSA) is 92.3 Å². The lowest BCUT2D eigenvalue weighted by Crippen LogP contribution is -2.39. The Kier molecular flexibility index (Phi) is 4.11. The Morgan fingerprint density at radius 2 is 2.17 bits per heavy atom. The van der Waals surface area contributed by atoms with Crippen molar-refractivity contribution in [2.75, 3.05) is 6.54 Å². The molecule has 1 aliphatic rings. The van der Waals surface area contributed by atoms with Crippen molar-refractivity contribution in [3.05, 3.63) is 47.3 Å². The third-order valence-corrected chi connectivity index (χ3v) is 3.70. The average molecular weight is 328 g/mol. The molecule has 2 heterocycles. The van der Waals surface area contributed by atoms with Crippen LogP contribution >= 0.6 is 0 Å². The Morgan fingerprint density at radius 3 is 2.88 bits per heavy atom. The smallest absolute Gasteiger partial charge is 0.345 e. The fourth-order valence-electron chi connectivity index (χ4n) is 2.66. The number of cyclic esters (lactones) is 1. The van der Waals surface area contributed by atoms with Crippen LogP contribution in [0.15, 0.2) is 24.9 Å². The van der Waals surface area contributed by atoms with Crippen molar-refractivity contribution in [2.45, 2.75) is 32.6 Å². The summed E-state index contributed by atoms with van der Waals surface area (Å²) in [7, 11) is 0. The van der Waals surface area contributed by atoms with Gasteiger partial charge in [0.1, 0.15) is 11.3 Å². The molecule has 2 N–H and O–H groups in total. The monoisotopic (exact) mass is 328 g/mol. The average Bonchev–Trinajstić information content (AvgIpc) is 2.93. The summed E-state index contributed by atoms with van der Waals surface area (Å²) < 4.78 is 12.9. The van der Waals surface area contributed by atoms with Crippen molar-refractivity contribution < 1.29 is 14.3 Å². The minimum Gasteiger partial charge on any atom is -0.451 e. The molecule has 3 rings (SSSR count). The molecule has 7 heteroatoms. The highest BCUT2D eigenvalue weighted by atomic mass is 16.7. The molecule has 0 aliphatic carbocycles. The number of nitrogens with zero attached hydrogens (tertiary/aromatic N) is 3. The molecule has 0 radical (unpaired) electrons. The summed E-state index contributed by atoms with van der Waals surface area (Å²) in [5, 5.41) is 8.13. The van der Waals surface area contributed by atoms with Crippen molar-refractivity contribution in [1.82, 2.24) is 15.0 Å². The molecule has 0 atom stereocenters. The second kappa shape index (κ2) is 6.09. The first-order valence-electron chi connectivity index (χ1n) is 7.73. The van der Waals surface area contributed by atoms with E-state index in [0.717, 1.165) is 16.8 Å². The molecule has 7 nitrogen and oxygen atoms in total. The maximum atomic E-state index is 12.5. The number of aromatic nitrogens is 3. The summed E-state index contributed by atoms with van der Waals surface area (Å²) in [5.41, 5.74) is 8.25. The molecule has 1 aromatic heterocycles. The molecule has 0 amide bonds. The number of fused-ring (bicyclic) bond motifs is 1. The molecule has 0 spiro atoms. The van der Waals surface area contributed by atoms with E-state index >= 15 is 0 Å². The maximum absolute atomic E-state index is 12.5. The van der Waals surface area contributed by atoms with Crippen molar-refractivity contribution in [1.29, 1.82) is 0 Å². The van der Waals surface area contributed by atoms with Crippen LogP contribution in [0.2, 0.25) is 0 Å². The number of benzene rings is 1. The molecular formula is C17H20N4O3. The predicted molar refractivity (Wildman–Crippen MR) is 88.5 cm³/mol. The third kappa shape index (κ3) is 3.03. The van der Waals surface area contributed by atoms with Crippen LogP contribution in [0.5, 0.6) is 5.75 Å². The standard InChI is InChI=1S/C17H20N4O3/c1-4-11-5-6-12(9-21-10-13(7-8-18)19-20-21)14-15(11)23-17(2,3)24-16(14)22/h4-6,10H,1,7-9,18H2,2-3H3. The van der Waals surface area contributed by atoms with Crippen LogP contribution in [-0.2, 0) is 17.7 Å². The van der Waals surface area contributed by atoms with Gasteiger partial charge in [0.05, 0.1) is 12.2 Å².